The van der Waals surface area contributed by atoms with Crippen LogP contribution in [0.15, 0.2) is 30.6 Å². The van der Waals surface area contributed by atoms with E-state index in [1.165, 1.54) is 24.9 Å². The molecule has 2 aliphatic heterocycles. The zero-order valence-electron chi connectivity index (χ0n) is 18.1. The Balaban J connectivity index is 1.48. The van der Waals surface area contributed by atoms with Gasteiger partial charge < -0.3 is 19.4 Å². The quantitative estimate of drug-likeness (QED) is 0.651. The molecule has 0 atom stereocenters. The topological polar surface area (TPSA) is 44.7 Å². The highest BCUT2D eigenvalue weighted by Gasteiger charge is 2.22. The van der Waals surface area contributed by atoms with Crippen molar-refractivity contribution in [1.29, 1.82) is 0 Å². The molecule has 4 heterocycles. The molecule has 2 aliphatic rings. The van der Waals surface area contributed by atoms with E-state index in [0.717, 1.165) is 68.8 Å². The first-order chi connectivity index (χ1) is 14.6. The Morgan fingerprint density at radius 1 is 1.03 bits per heavy atom. The lowest BCUT2D eigenvalue weighted by molar-refractivity contribution is 0.122. The minimum absolute atomic E-state index is 0.543. The van der Waals surface area contributed by atoms with E-state index in [-0.39, 0.29) is 0 Å². The van der Waals surface area contributed by atoms with Crippen LogP contribution in [0.25, 0.3) is 11.1 Å². The third-order valence-electron chi connectivity index (χ3n) is 6.18. The standard InChI is InChI=1S/C23H32ClN5O/c1-27(2)8-5-18-6-9-28(10-7-18)21-15-22(24)25-17-20(21)19-3-4-23(26-16-19)29-11-13-30-14-12-29/h3-4,15-18H,5-14H2,1-2H3. The van der Waals surface area contributed by atoms with E-state index in [9.17, 15) is 0 Å². The van der Waals surface area contributed by atoms with Crippen molar-refractivity contribution in [3.8, 4) is 11.1 Å². The molecule has 30 heavy (non-hydrogen) atoms. The molecule has 4 rings (SSSR count). The maximum atomic E-state index is 6.29. The molecule has 162 valence electrons. The number of anilines is 2. The van der Waals surface area contributed by atoms with E-state index in [2.05, 4.69) is 45.9 Å². The van der Waals surface area contributed by atoms with Gasteiger partial charge in [-0.3, -0.25) is 0 Å². The molecule has 0 aliphatic carbocycles. The summed E-state index contributed by atoms with van der Waals surface area (Å²) < 4.78 is 5.44. The SMILES string of the molecule is CN(C)CCC1CCN(c2cc(Cl)ncc2-c2ccc(N3CCOCC3)nc2)CC1. The van der Waals surface area contributed by atoms with Gasteiger partial charge in [-0.1, -0.05) is 11.6 Å². The van der Waals surface area contributed by atoms with Gasteiger partial charge in [-0.05, 0) is 64.0 Å². The first-order valence-corrected chi connectivity index (χ1v) is 11.3. The summed E-state index contributed by atoms with van der Waals surface area (Å²) in [6, 6.07) is 6.26. The van der Waals surface area contributed by atoms with Crippen molar-refractivity contribution in [3.63, 3.8) is 0 Å². The molecule has 2 aromatic heterocycles. The van der Waals surface area contributed by atoms with Gasteiger partial charge in [-0.15, -0.1) is 0 Å². The van der Waals surface area contributed by atoms with Gasteiger partial charge in [-0.2, -0.15) is 0 Å². The minimum atomic E-state index is 0.543. The number of aromatic nitrogens is 2. The number of pyridine rings is 2. The van der Waals surface area contributed by atoms with Crippen LogP contribution in [0, 0.1) is 5.92 Å². The van der Waals surface area contributed by atoms with Crippen molar-refractivity contribution in [2.24, 2.45) is 5.92 Å². The van der Waals surface area contributed by atoms with Crippen molar-refractivity contribution in [2.45, 2.75) is 19.3 Å². The predicted molar refractivity (Wildman–Crippen MR) is 124 cm³/mol. The van der Waals surface area contributed by atoms with Crippen LogP contribution in [0.1, 0.15) is 19.3 Å². The summed E-state index contributed by atoms with van der Waals surface area (Å²) in [5.74, 6) is 1.81. The Labute approximate surface area is 184 Å². The van der Waals surface area contributed by atoms with E-state index in [1.807, 2.05) is 18.5 Å². The van der Waals surface area contributed by atoms with Crippen LogP contribution >= 0.6 is 11.6 Å². The Kier molecular flexibility index (Phi) is 7.08. The van der Waals surface area contributed by atoms with Gasteiger partial charge in [0.05, 0.1) is 13.2 Å². The molecule has 0 spiro atoms. The number of halogens is 1. The molecular formula is C23H32ClN5O. The lowest BCUT2D eigenvalue weighted by Gasteiger charge is -2.35. The van der Waals surface area contributed by atoms with Gasteiger partial charge in [0, 0.05) is 55.4 Å². The third kappa shape index (κ3) is 5.23. The molecule has 2 aromatic rings. The van der Waals surface area contributed by atoms with Crippen molar-refractivity contribution in [1.82, 2.24) is 14.9 Å². The first kappa shape index (κ1) is 21.3. The predicted octanol–water partition coefficient (Wildman–Crippen LogP) is 3.80. The smallest absolute Gasteiger partial charge is 0.131 e. The molecule has 6 nitrogen and oxygen atoms in total. The molecule has 0 aromatic carbocycles. The maximum Gasteiger partial charge on any atom is 0.131 e. The van der Waals surface area contributed by atoms with E-state index in [4.69, 9.17) is 21.3 Å². The van der Waals surface area contributed by atoms with Gasteiger partial charge in [0.15, 0.2) is 0 Å². The van der Waals surface area contributed by atoms with Crippen LogP contribution in [0.2, 0.25) is 5.15 Å². The summed E-state index contributed by atoms with van der Waals surface area (Å²) in [6.07, 6.45) is 7.57. The number of morpholine rings is 1. The number of piperidine rings is 1. The number of hydrogen-bond donors (Lipinski definition) is 0. The van der Waals surface area contributed by atoms with Crippen LogP contribution in [-0.4, -0.2) is 74.9 Å². The molecule has 0 saturated carbocycles. The molecule has 2 saturated heterocycles. The molecule has 0 unspecified atom stereocenters. The summed E-state index contributed by atoms with van der Waals surface area (Å²) >= 11 is 6.29. The Morgan fingerprint density at radius 3 is 2.47 bits per heavy atom. The summed E-state index contributed by atoms with van der Waals surface area (Å²) in [4.78, 5) is 16.1. The highest BCUT2D eigenvalue weighted by Crippen LogP contribution is 2.35. The van der Waals surface area contributed by atoms with Gasteiger partial charge in [0.1, 0.15) is 11.0 Å². The lowest BCUT2D eigenvalue weighted by Crippen LogP contribution is -2.36. The summed E-state index contributed by atoms with van der Waals surface area (Å²) in [5, 5.41) is 0.543. The number of rotatable bonds is 6. The molecule has 0 N–H and O–H groups in total. The van der Waals surface area contributed by atoms with Crippen LogP contribution in [0.5, 0.6) is 0 Å². The lowest BCUT2D eigenvalue weighted by atomic mass is 9.92. The average Bonchev–Trinajstić information content (AvgIpc) is 2.79. The highest BCUT2D eigenvalue weighted by molar-refractivity contribution is 6.29. The van der Waals surface area contributed by atoms with Gasteiger partial charge in [0.25, 0.3) is 0 Å². The second-order valence-electron chi connectivity index (χ2n) is 8.55. The van der Waals surface area contributed by atoms with Crippen molar-refractivity contribution >= 4 is 23.1 Å². The van der Waals surface area contributed by atoms with Crippen LogP contribution < -0.4 is 9.80 Å². The maximum absolute atomic E-state index is 6.29. The van der Waals surface area contributed by atoms with E-state index >= 15 is 0 Å². The zero-order valence-corrected chi connectivity index (χ0v) is 18.8. The van der Waals surface area contributed by atoms with E-state index < -0.39 is 0 Å². The molecule has 0 amide bonds. The molecular weight excluding hydrogens is 398 g/mol. The minimum Gasteiger partial charge on any atom is -0.378 e. The van der Waals surface area contributed by atoms with E-state index in [1.54, 1.807) is 0 Å². The average molecular weight is 430 g/mol. The van der Waals surface area contributed by atoms with Crippen molar-refractivity contribution in [3.05, 3.63) is 35.7 Å². The second-order valence-corrected chi connectivity index (χ2v) is 8.94. The largest absolute Gasteiger partial charge is 0.378 e. The van der Waals surface area contributed by atoms with Gasteiger partial charge >= 0.3 is 0 Å². The molecule has 2 fully saturated rings. The second kappa shape index (κ2) is 9.94. The van der Waals surface area contributed by atoms with Crippen molar-refractivity contribution < 1.29 is 4.74 Å². The Morgan fingerprint density at radius 2 is 1.80 bits per heavy atom. The Hall–Kier alpha value is -1.89. The fourth-order valence-electron chi connectivity index (χ4n) is 4.33. The zero-order chi connectivity index (χ0) is 20.9. The fourth-order valence-corrected chi connectivity index (χ4v) is 4.48. The van der Waals surface area contributed by atoms with Crippen LogP contribution in [0.3, 0.4) is 0 Å². The number of hydrogen-bond acceptors (Lipinski definition) is 6. The summed E-state index contributed by atoms with van der Waals surface area (Å²) in [6.45, 7) is 6.59. The van der Waals surface area contributed by atoms with Crippen LogP contribution in [-0.2, 0) is 4.74 Å². The monoisotopic (exact) mass is 429 g/mol. The number of ether oxygens (including phenoxy) is 1. The molecule has 0 bridgehead atoms. The first-order valence-electron chi connectivity index (χ1n) is 10.9. The van der Waals surface area contributed by atoms with Crippen LogP contribution in [0.4, 0.5) is 11.5 Å². The van der Waals surface area contributed by atoms with Crippen molar-refractivity contribution in [2.75, 3.05) is 69.8 Å². The highest BCUT2D eigenvalue weighted by atomic mass is 35.5. The third-order valence-corrected chi connectivity index (χ3v) is 6.39. The summed E-state index contributed by atoms with van der Waals surface area (Å²) in [7, 11) is 4.30. The summed E-state index contributed by atoms with van der Waals surface area (Å²) in [5.41, 5.74) is 3.36. The normalized spacial score (nSPS) is 18.3. The molecule has 7 heteroatoms. The fraction of sp³-hybridized carbons (Fsp3) is 0.565. The molecule has 0 radical (unpaired) electrons. The van der Waals surface area contributed by atoms with E-state index in [0.29, 0.717) is 5.15 Å². The number of nitrogens with zero attached hydrogens (tertiary/aromatic N) is 5. The van der Waals surface area contributed by atoms with Gasteiger partial charge in [0.2, 0.25) is 0 Å². The Bertz CT molecular complexity index is 815. The van der Waals surface area contributed by atoms with Gasteiger partial charge in [-0.25, -0.2) is 9.97 Å².